The predicted octanol–water partition coefficient (Wildman–Crippen LogP) is 4.58. The summed E-state index contributed by atoms with van der Waals surface area (Å²) in [6, 6.07) is 6.74. The van der Waals surface area contributed by atoms with Gasteiger partial charge in [0.05, 0.1) is 22.4 Å². The Morgan fingerprint density at radius 1 is 1.36 bits per heavy atom. The van der Waals surface area contributed by atoms with Crippen LogP contribution in [0.4, 0.5) is 0 Å². The molecule has 146 valence electrons. The highest BCUT2D eigenvalue weighted by molar-refractivity contribution is 6.48. The van der Waals surface area contributed by atoms with E-state index in [4.69, 9.17) is 11.6 Å². The third-order valence-electron chi connectivity index (χ3n) is 6.03. The zero-order valence-corrected chi connectivity index (χ0v) is 17.4. The fourth-order valence-electron chi connectivity index (χ4n) is 4.56. The van der Waals surface area contributed by atoms with Crippen LogP contribution in [0.15, 0.2) is 35.6 Å². The maximum absolute atomic E-state index is 12.8. The van der Waals surface area contributed by atoms with Gasteiger partial charge in [0.25, 0.3) is 5.56 Å². The molecule has 1 fully saturated rings. The number of aromatic nitrogens is 2. The Kier molecular flexibility index (Phi) is 4.80. The zero-order chi connectivity index (χ0) is 20.1. The number of nitrogens with one attached hydrogen (secondary N) is 1. The first kappa shape index (κ1) is 19.2. The largest absolute Gasteiger partial charge is 0.317 e. The van der Waals surface area contributed by atoms with Gasteiger partial charge in [-0.1, -0.05) is 36.4 Å². The van der Waals surface area contributed by atoms with Crippen molar-refractivity contribution in [1.29, 1.82) is 0 Å². The zero-order valence-electron chi connectivity index (χ0n) is 16.7. The Hall–Kier alpha value is -2.17. The third kappa shape index (κ3) is 2.87. The van der Waals surface area contributed by atoms with Gasteiger partial charge in [0.1, 0.15) is 5.82 Å². The highest BCUT2D eigenvalue weighted by Crippen LogP contribution is 2.44. The second-order valence-corrected chi connectivity index (χ2v) is 8.62. The monoisotopic (exact) mass is 395 g/mol. The highest BCUT2D eigenvalue weighted by Gasteiger charge is 2.39. The maximum atomic E-state index is 12.8. The molecule has 0 spiro atoms. The van der Waals surface area contributed by atoms with Crippen LogP contribution in [0, 0.1) is 0 Å². The number of benzene rings is 1. The summed E-state index contributed by atoms with van der Waals surface area (Å²) in [7, 11) is 0. The van der Waals surface area contributed by atoms with E-state index in [1.54, 1.807) is 0 Å². The fraction of sp³-hybridized carbons (Fsp3) is 0.391. The molecule has 1 aromatic carbocycles. The van der Waals surface area contributed by atoms with Crippen molar-refractivity contribution >= 4 is 22.7 Å². The molecular formula is C23H26ClN3O. The first-order chi connectivity index (χ1) is 13.4. The number of allylic oxidation sites excluding steroid dienone is 1. The molecular weight excluding hydrogens is 370 g/mol. The van der Waals surface area contributed by atoms with E-state index in [9.17, 15) is 4.79 Å². The van der Waals surface area contributed by atoms with Gasteiger partial charge in [0, 0.05) is 5.03 Å². The normalized spacial score (nSPS) is 18.3. The summed E-state index contributed by atoms with van der Waals surface area (Å²) in [6.45, 7) is 12.1. The van der Waals surface area contributed by atoms with Gasteiger partial charge >= 0.3 is 0 Å². The predicted molar refractivity (Wildman–Crippen MR) is 116 cm³/mol. The third-order valence-corrected chi connectivity index (χ3v) is 6.22. The summed E-state index contributed by atoms with van der Waals surface area (Å²) >= 11 is 6.21. The second kappa shape index (κ2) is 7.02. The molecule has 0 aliphatic carbocycles. The molecule has 4 rings (SSSR count). The van der Waals surface area contributed by atoms with Gasteiger partial charge in [-0.2, -0.15) is 4.98 Å². The molecule has 0 amide bonds. The van der Waals surface area contributed by atoms with Gasteiger partial charge < -0.3 is 5.32 Å². The van der Waals surface area contributed by atoms with Gasteiger partial charge in [-0.15, -0.1) is 0 Å². The molecule has 2 aromatic rings. The van der Waals surface area contributed by atoms with Gasteiger partial charge in [0.15, 0.2) is 0 Å². The lowest BCUT2D eigenvalue weighted by Crippen LogP contribution is -2.26. The SMILES string of the molecule is C=C(Cl)c1c(/C=C\C)n2c(nc1=O)C(C)(C)c1ccc(C3CCNCC3)cc1-2. The van der Waals surface area contributed by atoms with Crippen LogP contribution in [0.3, 0.4) is 0 Å². The average molecular weight is 396 g/mol. The Morgan fingerprint density at radius 2 is 2.07 bits per heavy atom. The molecule has 28 heavy (non-hydrogen) atoms. The van der Waals surface area contributed by atoms with E-state index in [2.05, 4.69) is 53.5 Å². The quantitative estimate of drug-likeness (QED) is 0.827. The molecule has 1 aromatic heterocycles. The molecule has 0 bridgehead atoms. The van der Waals surface area contributed by atoms with Crippen LogP contribution >= 0.6 is 11.6 Å². The number of nitrogens with zero attached hydrogens (tertiary/aromatic N) is 2. The molecule has 4 nitrogen and oxygen atoms in total. The number of halogens is 1. The lowest BCUT2D eigenvalue weighted by molar-refractivity contribution is 0.460. The van der Waals surface area contributed by atoms with Crippen molar-refractivity contribution in [2.45, 2.75) is 44.9 Å². The minimum absolute atomic E-state index is 0.224. The van der Waals surface area contributed by atoms with Crippen molar-refractivity contribution in [1.82, 2.24) is 14.9 Å². The fourth-order valence-corrected chi connectivity index (χ4v) is 4.74. The number of hydrogen-bond donors (Lipinski definition) is 1. The summed E-state index contributed by atoms with van der Waals surface area (Å²) in [5.74, 6) is 1.31. The van der Waals surface area contributed by atoms with E-state index < -0.39 is 0 Å². The molecule has 2 aliphatic rings. The van der Waals surface area contributed by atoms with E-state index >= 15 is 0 Å². The summed E-state index contributed by atoms with van der Waals surface area (Å²) in [5.41, 5.74) is 4.07. The summed E-state index contributed by atoms with van der Waals surface area (Å²) in [5, 5.41) is 3.66. The minimum atomic E-state index is -0.357. The molecule has 0 unspecified atom stereocenters. The van der Waals surface area contributed by atoms with Crippen molar-refractivity contribution in [2.24, 2.45) is 0 Å². The van der Waals surface area contributed by atoms with Crippen LogP contribution in [-0.4, -0.2) is 22.6 Å². The van der Waals surface area contributed by atoms with Crippen LogP contribution in [0.5, 0.6) is 0 Å². The van der Waals surface area contributed by atoms with Gasteiger partial charge in [-0.25, -0.2) is 0 Å². The van der Waals surface area contributed by atoms with Crippen LogP contribution in [-0.2, 0) is 5.41 Å². The molecule has 3 heterocycles. The van der Waals surface area contributed by atoms with Crippen molar-refractivity contribution in [3.05, 3.63) is 69.4 Å². The molecule has 0 atom stereocenters. The molecule has 0 radical (unpaired) electrons. The topological polar surface area (TPSA) is 46.9 Å². The van der Waals surface area contributed by atoms with Crippen molar-refractivity contribution < 1.29 is 0 Å². The Labute approximate surface area is 171 Å². The van der Waals surface area contributed by atoms with E-state index in [1.807, 2.05) is 19.1 Å². The number of hydrogen-bond acceptors (Lipinski definition) is 3. The van der Waals surface area contributed by atoms with Crippen LogP contribution in [0.25, 0.3) is 16.8 Å². The lowest BCUT2D eigenvalue weighted by atomic mass is 9.83. The van der Waals surface area contributed by atoms with Gasteiger partial charge in [0.2, 0.25) is 0 Å². The van der Waals surface area contributed by atoms with E-state index in [1.165, 1.54) is 11.1 Å². The first-order valence-corrected chi connectivity index (χ1v) is 10.2. The van der Waals surface area contributed by atoms with Gasteiger partial charge in [-0.05, 0) is 75.9 Å². The number of rotatable bonds is 3. The van der Waals surface area contributed by atoms with Crippen molar-refractivity contribution in [3.8, 4) is 5.69 Å². The van der Waals surface area contributed by atoms with Crippen molar-refractivity contribution in [2.75, 3.05) is 13.1 Å². The van der Waals surface area contributed by atoms with Crippen molar-refractivity contribution in [3.63, 3.8) is 0 Å². The van der Waals surface area contributed by atoms with E-state index in [0.29, 0.717) is 11.5 Å². The van der Waals surface area contributed by atoms with E-state index in [0.717, 1.165) is 43.1 Å². The van der Waals surface area contributed by atoms with E-state index in [-0.39, 0.29) is 16.0 Å². The summed E-state index contributed by atoms with van der Waals surface area (Å²) < 4.78 is 2.10. The Morgan fingerprint density at radius 3 is 2.71 bits per heavy atom. The molecule has 1 saturated heterocycles. The molecule has 0 saturated carbocycles. The summed E-state index contributed by atoms with van der Waals surface area (Å²) in [6.07, 6.45) is 6.14. The smallest absolute Gasteiger partial charge is 0.282 e. The standard InChI is InChI=1S/C23H26ClN3O/c1-5-6-18-20(14(2)24)21(28)26-22-23(3,4)17-8-7-16(13-19(17)27(18)22)15-9-11-25-12-10-15/h5-8,13,15,25H,2,9-12H2,1,3-4H3/b6-5-. The second-order valence-electron chi connectivity index (χ2n) is 8.17. The highest BCUT2D eigenvalue weighted by atomic mass is 35.5. The maximum Gasteiger partial charge on any atom is 0.282 e. The summed E-state index contributed by atoms with van der Waals surface area (Å²) in [4.78, 5) is 17.2. The molecule has 5 heteroatoms. The average Bonchev–Trinajstić information content (AvgIpc) is 2.89. The lowest BCUT2D eigenvalue weighted by Gasteiger charge is -2.24. The molecule has 1 N–H and O–H groups in total. The molecule has 2 aliphatic heterocycles. The van der Waals surface area contributed by atoms with Crippen LogP contribution in [0.1, 0.15) is 67.7 Å². The van der Waals surface area contributed by atoms with Crippen LogP contribution < -0.4 is 10.9 Å². The minimum Gasteiger partial charge on any atom is -0.317 e. The first-order valence-electron chi connectivity index (χ1n) is 9.86. The van der Waals surface area contributed by atoms with Crippen LogP contribution in [0.2, 0.25) is 0 Å². The Balaban J connectivity index is 2.01. The number of fused-ring (bicyclic) bond motifs is 3. The number of piperidine rings is 1. The van der Waals surface area contributed by atoms with Gasteiger partial charge in [-0.3, -0.25) is 9.36 Å². The Bertz CT molecular complexity index is 1040.